The molecule has 5 rings (SSSR count). The van der Waals surface area contributed by atoms with E-state index in [4.69, 9.17) is 11.6 Å². The second-order valence-corrected chi connectivity index (χ2v) is 10.4. The van der Waals surface area contributed by atoms with Gasteiger partial charge in [-0.05, 0) is 55.4 Å². The minimum Gasteiger partial charge on any atom is -0.343 e. The predicted molar refractivity (Wildman–Crippen MR) is 133 cm³/mol. The van der Waals surface area contributed by atoms with Crippen LogP contribution < -0.4 is 5.56 Å². The largest absolute Gasteiger partial charge is 0.406 e. The van der Waals surface area contributed by atoms with Gasteiger partial charge in [-0.3, -0.25) is 19.5 Å². The van der Waals surface area contributed by atoms with Crippen molar-refractivity contribution in [1.29, 1.82) is 0 Å². The van der Waals surface area contributed by atoms with Crippen molar-refractivity contribution < 1.29 is 22.8 Å². The summed E-state index contributed by atoms with van der Waals surface area (Å²) < 4.78 is 40.2. The number of rotatable bonds is 4. The third-order valence-corrected chi connectivity index (χ3v) is 7.71. The van der Waals surface area contributed by atoms with Gasteiger partial charge in [-0.2, -0.15) is 23.4 Å². The van der Waals surface area contributed by atoms with Crippen LogP contribution in [0.1, 0.15) is 47.6 Å². The van der Waals surface area contributed by atoms with E-state index in [1.807, 2.05) is 0 Å². The Balaban J connectivity index is 1.35. The molecule has 2 aliphatic rings. The van der Waals surface area contributed by atoms with E-state index in [9.17, 15) is 27.6 Å². The fourth-order valence-corrected chi connectivity index (χ4v) is 5.83. The van der Waals surface area contributed by atoms with Crippen LogP contribution in [0, 0.1) is 12.8 Å². The first-order valence-corrected chi connectivity index (χ1v) is 12.7. The molecular formula is C25H26ClF3N6O3. The zero-order valence-electron chi connectivity index (χ0n) is 20.6. The van der Waals surface area contributed by atoms with E-state index in [1.54, 1.807) is 24.0 Å². The highest BCUT2D eigenvalue weighted by Crippen LogP contribution is 2.35. The molecule has 1 aromatic carbocycles. The monoisotopic (exact) mass is 550 g/mol. The molecule has 9 nitrogen and oxygen atoms in total. The molecule has 3 aromatic rings. The highest BCUT2D eigenvalue weighted by molar-refractivity contribution is 6.35. The first-order valence-electron chi connectivity index (χ1n) is 12.3. The zero-order chi connectivity index (χ0) is 27.2. The van der Waals surface area contributed by atoms with Gasteiger partial charge in [0, 0.05) is 37.0 Å². The normalized spacial score (nSPS) is 19.1. The van der Waals surface area contributed by atoms with E-state index in [0.29, 0.717) is 64.2 Å². The number of carbonyl (C=O) groups excluding carboxylic acids is 2. The first kappa shape index (κ1) is 26.2. The summed E-state index contributed by atoms with van der Waals surface area (Å²) in [6.07, 6.45) is -2.10. The van der Waals surface area contributed by atoms with Crippen LogP contribution in [-0.4, -0.2) is 67.8 Å². The number of fused-ring (bicyclic) bond motifs is 3. The van der Waals surface area contributed by atoms with E-state index in [-0.39, 0.29) is 36.8 Å². The predicted octanol–water partition coefficient (Wildman–Crippen LogP) is 3.47. The van der Waals surface area contributed by atoms with Gasteiger partial charge in [-0.15, -0.1) is 0 Å². The third-order valence-electron chi connectivity index (χ3n) is 7.41. The molecule has 0 saturated carbocycles. The first-order chi connectivity index (χ1) is 18.0. The van der Waals surface area contributed by atoms with Crippen LogP contribution in [-0.2, 0) is 22.6 Å². The summed E-state index contributed by atoms with van der Waals surface area (Å²) in [7, 11) is 0. The number of H-pyrrole nitrogens is 2. The van der Waals surface area contributed by atoms with Gasteiger partial charge in [0.15, 0.2) is 0 Å². The maximum absolute atomic E-state index is 13.4. The number of alkyl halides is 3. The van der Waals surface area contributed by atoms with Crippen molar-refractivity contribution in [3.63, 3.8) is 0 Å². The lowest BCUT2D eigenvalue weighted by molar-refractivity contribution is -0.165. The molecule has 0 aliphatic carbocycles. The number of piperidine rings is 1. The Bertz CT molecular complexity index is 1440. The Morgan fingerprint density at radius 3 is 2.63 bits per heavy atom. The number of hydrogen-bond donors (Lipinski definition) is 2. The summed E-state index contributed by atoms with van der Waals surface area (Å²) in [6.45, 7) is 0.887. The standard InChI is InChI=1S/C25H26ClF3N6O3/c1-13-6-17(23(37)33-31-13)14-2-4-34(5-3-14)21(36)9-16-7-15-8-20(26)22-18(10-30-32-22)19(15)11-35(24(16)38)12-25(27,28)29/h6,8,10,14,16H,2-5,7,9,11-12H2,1H3,(H,30,32)(H,33,37)/t16-/m0/s1. The summed E-state index contributed by atoms with van der Waals surface area (Å²) in [5.74, 6) is -2.01. The molecule has 1 saturated heterocycles. The maximum atomic E-state index is 13.4. The third kappa shape index (κ3) is 5.27. The van der Waals surface area contributed by atoms with Gasteiger partial charge in [-0.1, -0.05) is 11.6 Å². The summed E-state index contributed by atoms with van der Waals surface area (Å²) in [5.41, 5.74) is 2.74. The Labute approximate surface area is 220 Å². The number of aryl methyl sites for hydroxylation is 1. The fraction of sp³-hybridized carbons (Fsp3) is 0.480. The van der Waals surface area contributed by atoms with Gasteiger partial charge in [0.2, 0.25) is 11.8 Å². The van der Waals surface area contributed by atoms with Gasteiger partial charge < -0.3 is 9.80 Å². The minimum atomic E-state index is -4.60. The highest BCUT2D eigenvalue weighted by Gasteiger charge is 2.39. The average molecular weight is 551 g/mol. The zero-order valence-corrected chi connectivity index (χ0v) is 21.3. The maximum Gasteiger partial charge on any atom is 0.406 e. The number of carbonyl (C=O) groups is 2. The van der Waals surface area contributed by atoms with Gasteiger partial charge in [-0.25, -0.2) is 5.10 Å². The number of hydrogen-bond acceptors (Lipinski definition) is 5. The number of nitrogens with one attached hydrogen (secondary N) is 2. The number of likely N-dealkylation sites (tertiary alicyclic amines) is 1. The molecule has 13 heteroatoms. The number of amides is 2. The van der Waals surface area contributed by atoms with E-state index < -0.39 is 24.5 Å². The van der Waals surface area contributed by atoms with Crippen molar-refractivity contribution in [2.75, 3.05) is 19.6 Å². The van der Waals surface area contributed by atoms with Crippen LogP contribution in [0.3, 0.4) is 0 Å². The van der Waals surface area contributed by atoms with Crippen molar-refractivity contribution in [2.24, 2.45) is 5.92 Å². The molecule has 1 fully saturated rings. The lowest BCUT2D eigenvalue weighted by atomic mass is 9.89. The van der Waals surface area contributed by atoms with Crippen molar-refractivity contribution in [2.45, 2.75) is 51.2 Å². The van der Waals surface area contributed by atoms with E-state index in [2.05, 4.69) is 20.4 Å². The molecule has 0 radical (unpaired) electrons. The van der Waals surface area contributed by atoms with Crippen LogP contribution in [0.25, 0.3) is 10.9 Å². The van der Waals surface area contributed by atoms with Gasteiger partial charge in [0.1, 0.15) is 6.54 Å². The molecule has 2 amide bonds. The van der Waals surface area contributed by atoms with Crippen LogP contribution in [0.2, 0.25) is 5.02 Å². The molecule has 202 valence electrons. The summed E-state index contributed by atoms with van der Waals surface area (Å²) in [4.78, 5) is 41.2. The van der Waals surface area contributed by atoms with Crippen molar-refractivity contribution in [3.8, 4) is 0 Å². The molecule has 0 bridgehead atoms. The molecule has 2 aromatic heterocycles. The number of nitrogens with zero attached hydrogens (tertiary/aromatic N) is 4. The molecule has 0 unspecified atom stereocenters. The second kappa shape index (κ2) is 10.0. The van der Waals surface area contributed by atoms with Crippen LogP contribution in [0.15, 0.2) is 23.1 Å². The molecule has 38 heavy (non-hydrogen) atoms. The number of aromatic nitrogens is 4. The number of halogens is 4. The minimum absolute atomic E-state index is 0.0299. The molecule has 0 spiro atoms. The van der Waals surface area contributed by atoms with Crippen LogP contribution >= 0.6 is 11.6 Å². The topological polar surface area (TPSA) is 115 Å². The van der Waals surface area contributed by atoms with E-state index >= 15 is 0 Å². The highest BCUT2D eigenvalue weighted by atomic mass is 35.5. The summed E-state index contributed by atoms with van der Waals surface area (Å²) in [5, 5.41) is 14.0. The smallest absolute Gasteiger partial charge is 0.343 e. The lowest BCUT2D eigenvalue weighted by Crippen LogP contribution is -2.44. The summed E-state index contributed by atoms with van der Waals surface area (Å²) in [6, 6.07) is 3.39. The quantitative estimate of drug-likeness (QED) is 0.516. The van der Waals surface area contributed by atoms with Gasteiger partial charge in [0.05, 0.1) is 28.3 Å². The molecule has 2 aliphatic heterocycles. The SMILES string of the molecule is Cc1cc(C2CCN(C(=O)C[C@@H]3Cc4cc(Cl)c5[nH]ncc5c4CN(CC(F)(F)F)C3=O)CC2)c(=O)[nH]n1. The molecule has 4 heterocycles. The van der Waals surface area contributed by atoms with Crippen LogP contribution in [0.5, 0.6) is 0 Å². The Kier molecular flexibility index (Phi) is 6.93. The van der Waals surface area contributed by atoms with Crippen LogP contribution in [0.4, 0.5) is 13.2 Å². The number of aromatic amines is 2. The molecular weight excluding hydrogens is 525 g/mol. The van der Waals surface area contributed by atoms with Crippen molar-refractivity contribution in [1.82, 2.24) is 30.2 Å². The lowest BCUT2D eigenvalue weighted by Gasteiger charge is -2.33. The van der Waals surface area contributed by atoms with E-state index in [0.717, 1.165) is 4.90 Å². The van der Waals surface area contributed by atoms with Gasteiger partial charge in [0.25, 0.3) is 5.56 Å². The second-order valence-electron chi connectivity index (χ2n) is 10.0. The van der Waals surface area contributed by atoms with Gasteiger partial charge >= 0.3 is 6.18 Å². The molecule has 2 N–H and O–H groups in total. The fourth-order valence-electron chi connectivity index (χ4n) is 5.55. The van der Waals surface area contributed by atoms with E-state index in [1.165, 1.54) is 6.20 Å². The summed E-state index contributed by atoms with van der Waals surface area (Å²) >= 11 is 6.37. The average Bonchev–Trinajstić information content (AvgIpc) is 3.32. The van der Waals surface area contributed by atoms with Crippen molar-refractivity contribution in [3.05, 3.63) is 56.1 Å². The Morgan fingerprint density at radius 1 is 1.18 bits per heavy atom. The van der Waals surface area contributed by atoms with Crippen molar-refractivity contribution >= 4 is 34.3 Å². The Morgan fingerprint density at radius 2 is 1.92 bits per heavy atom. The molecule has 1 atom stereocenters. The number of benzene rings is 1. The Hall–Kier alpha value is -3.41.